The smallest absolute Gasteiger partial charge is 0.171 e. The quantitative estimate of drug-likeness (QED) is 0.694. The number of nitrogens with zero attached hydrogens (tertiary/aromatic N) is 3. The fraction of sp³-hybridized carbons (Fsp3) is 0.556. The van der Waals surface area contributed by atoms with Crippen LogP contribution < -0.4 is 10.6 Å². The molecule has 1 aliphatic heterocycles. The monoisotopic (exact) mass is 194 g/mol. The van der Waals surface area contributed by atoms with Crippen LogP contribution in [0.4, 0.5) is 11.6 Å². The molecule has 0 amide bonds. The molecule has 14 heavy (non-hydrogen) atoms. The summed E-state index contributed by atoms with van der Waals surface area (Å²) in [4.78, 5) is 10.2. The maximum atomic E-state index is 9.16. The van der Waals surface area contributed by atoms with E-state index in [1.807, 2.05) is 4.90 Å². The lowest BCUT2D eigenvalue weighted by Crippen LogP contribution is -2.33. The van der Waals surface area contributed by atoms with Crippen molar-refractivity contribution in [2.24, 2.45) is 0 Å². The van der Waals surface area contributed by atoms with Crippen LogP contribution in [0.5, 0.6) is 0 Å². The molecular weight excluding hydrogens is 180 g/mol. The molecule has 0 saturated carbocycles. The third-order valence-corrected chi connectivity index (χ3v) is 2.57. The van der Waals surface area contributed by atoms with Crippen molar-refractivity contribution in [3.63, 3.8) is 0 Å². The lowest BCUT2D eigenvalue weighted by Gasteiger charge is -2.24. The number of hydrogen-bond donors (Lipinski definition) is 2. The van der Waals surface area contributed by atoms with Crippen molar-refractivity contribution in [1.29, 1.82) is 0 Å². The number of aliphatic hydroxyl groups is 1. The predicted octanol–water partition coefficient (Wildman–Crippen LogP) is 0.0199. The summed E-state index contributed by atoms with van der Waals surface area (Å²) in [7, 11) is 0. The molecule has 3 N–H and O–H groups in total. The Kier molecular flexibility index (Phi) is 2.49. The molecule has 0 aromatic carbocycles. The molecule has 76 valence electrons. The molecule has 1 fully saturated rings. The SMILES string of the molecule is Nc1nccnc1N1CCCC1CO. The standard InChI is InChI=1S/C9H14N4O/c10-8-9(12-4-3-11-8)13-5-1-2-7(13)6-14/h3-4,7,14H,1-2,5-6H2,(H2,10,11). The molecule has 5 heteroatoms. The Morgan fingerprint density at radius 1 is 1.50 bits per heavy atom. The van der Waals surface area contributed by atoms with E-state index in [2.05, 4.69) is 9.97 Å². The van der Waals surface area contributed by atoms with Crippen LogP contribution >= 0.6 is 0 Å². The van der Waals surface area contributed by atoms with Crippen LogP contribution in [0, 0.1) is 0 Å². The molecular formula is C9H14N4O. The fourth-order valence-electron chi connectivity index (χ4n) is 1.87. The van der Waals surface area contributed by atoms with Crippen LogP contribution in [-0.4, -0.2) is 34.3 Å². The van der Waals surface area contributed by atoms with Crippen LogP contribution in [0.1, 0.15) is 12.8 Å². The van der Waals surface area contributed by atoms with Crippen molar-refractivity contribution >= 4 is 11.6 Å². The first-order valence-corrected chi connectivity index (χ1v) is 4.77. The largest absolute Gasteiger partial charge is 0.394 e. The minimum Gasteiger partial charge on any atom is -0.394 e. The number of rotatable bonds is 2. The fourth-order valence-corrected chi connectivity index (χ4v) is 1.87. The second kappa shape index (κ2) is 3.79. The summed E-state index contributed by atoms with van der Waals surface area (Å²) in [5.41, 5.74) is 5.72. The van der Waals surface area contributed by atoms with Gasteiger partial charge < -0.3 is 15.7 Å². The Bertz CT molecular complexity index is 317. The normalized spacial score (nSPS) is 21.5. The Hall–Kier alpha value is -1.36. The molecule has 0 spiro atoms. The third kappa shape index (κ3) is 1.50. The Morgan fingerprint density at radius 2 is 2.29 bits per heavy atom. The molecule has 1 atom stereocenters. The lowest BCUT2D eigenvalue weighted by atomic mass is 10.2. The van der Waals surface area contributed by atoms with Gasteiger partial charge in [-0.2, -0.15) is 0 Å². The lowest BCUT2D eigenvalue weighted by molar-refractivity contribution is 0.266. The highest BCUT2D eigenvalue weighted by Gasteiger charge is 2.26. The maximum Gasteiger partial charge on any atom is 0.171 e. The molecule has 1 aromatic heterocycles. The van der Waals surface area contributed by atoms with Crippen molar-refractivity contribution in [3.8, 4) is 0 Å². The Labute approximate surface area is 82.6 Å². The second-order valence-corrected chi connectivity index (χ2v) is 3.44. The number of nitrogen functional groups attached to an aromatic ring is 1. The second-order valence-electron chi connectivity index (χ2n) is 3.44. The van der Waals surface area contributed by atoms with Gasteiger partial charge in [0.1, 0.15) is 0 Å². The highest BCUT2D eigenvalue weighted by Crippen LogP contribution is 2.26. The van der Waals surface area contributed by atoms with Gasteiger partial charge in [0.15, 0.2) is 11.6 Å². The number of nitrogens with two attached hydrogens (primary N) is 1. The molecule has 1 aromatic rings. The summed E-state index contributed by atoms with van der Waals surface area (Å²) in [6.45, 7) is 1.05. The van der Waals surface area contributed by atoms with Gasteiger partial charge >= 0.3 is 0 Å². The Morgan fingerprint density at radius 3 is 3.00 bits per heavy atom. The molecule has 0 radical (unpaired) electrons. The summed E-state index contributed by atoms with van der Waals surface area (Å²) in [6.07, 6.45) is 5.26. The van der Waals surface area contributed by atoms with Crippen molar-refractivity contribution in [2.75, 3.05) is 23.8 Å². The maximum absolute atomic E-state index is 9.16. The minimum absolute atomic E-state index is 0.147. The number of anilines is 2. The summed E-state index contributed by atoms with van der Waals surface area (Å²) < 4.78 is 0. The van der Waals surface area contributed by atoms with Crippen molar-refractivity contribution < 1.29 is 5.11 Å². The van der Waals surface area contributed by atoms with Gasteiger partial charge in [0, 0.05) is 18.9 Å². The van der Waals surface area contributed by atoms with Gasteiger partial charge in [0.2, 0.25) is 0 Å². The molecule has 0 aliphatic carbocycles. The van der Waals surface area contributed by atoms with E-state index in [0.717, 1.165) is 19.4 Å². The van der Waals surface area contributed by atoms with E-state index in [4.69, 9.17) is 10.8 Å². The van der Waals surface area contributed by atoms with Crippen LogP contribution in [0.2, 0.25) is 0 Å². The average molecular weight is 194 g/mol. The van der Waals surface area contributed by atoms with Crippen LogP contribution in [0.15, 0.2) is 12.4 Å². The third-order valence-electron chi connectivity index (χ3n) is 2.57. The summed E-state index contributed by atoms with van der Waals surface area (Å²) in [6, 6.07) is 0.147. The molecule has 1 aliphatic rings. The van der Waals surface area contributed by atoms with E-state index in [-0.39, 0.29) is 12.6 Å². The summed E-state index contributed by atoms with van der Waals surface area (Å²) in [5, 5.41) is 9.16. The van der Waals surface area contributed by atoms with E-state index in [9.17, 15) is 0 Å². The van der Waals surface area contributed by atoms with Crippen molar-refractivity contribution in [3.05, 3.63) is 12.4 Å². The molecule has 5 nitrogen and oxygen atoms in total. The summed E-state index contributed by atoms with van der Waals surface area (Å²) >= 11 is 0. The average Bonchev–Trinajstić information content (AvgIpc) is 2.66. The molecule has 1 unspecified atom stereocenters. The molecule has 1 saturated heterocycles. The number of aromatic nitrogens is 2. The zero-order valence-electron chi connectivity index (χ0n) is 7.93. The molecule has 0 bridgehead atoms. The van der Waals surface area contributed by atoms with Gasteiger partial charge in [-0.25, -0.2) is 9.97 Å². The van der Waals surface area contributed by atoms with Gasteiger partial charge in [-0.15, -0.1) is 0 Å². The Balaban J connectivity index is 2.26. The van der Waals surface area contributed by atoms with Crippen molar-refractivity contribution in [2.45, 2.75) is 18.9 Å². The summed E-state index contributed by atoms with van der Waals surface area (Å²) in [5.74, 6) is 1.14. The van der Waals surface area contributed by atoms with Gasteiger partial charge in [0.25, 0.3) is 0 Å². The molecule has 2 rings (SSSR count). The first kappa shape index (κ1) is 9.21. The first-order chi connectivity index (χ1) is 6.83. The highest BCUT2D eigenvalue weighted by atomic mass is 16.3. The van der Waals surface area contributed by atoms with E-state index < -0.39 is 0 Å². The zero-order chi connectivity index (χ0) is 9.97. The predicted molar refractivity (Wildman–Crippen MR) is 53.9 cm³/mol. The van der Waals surface area contributed by atoms with E-state index in [1.54, 1.807) is 12.4 Å². The van der Waals surface area contributed by atoms with Crippen LogP contribution in [0.25, 0.3) is 0 Å². The van der Waals surface area contributed by atoms with E-state index >= 15 is 0 Å². The number of hydrogen-bond acceptors (Lipinski definition) is 5. The number of aliphatic hydroxyl groups excluding tert-OH is 1. The van der Waals surface area contributed by atoms with Gasteiger partial charge in [-0.1, -0.05) is 0 Å². The molecule has 2 heterocycles. The van der Waals surface area contributed by atoms with Gasteiger partial charge in [-0.05, 0) is 12.8 Å². The van der Waals surface area contributed by atoms with Crippen LogP contribution in [-0.2, 0) is 0 Å². The van der Waals surface area contributed by atoms with Gasteiger partial charge in [0.05, 0.1) is 12.6 Å². The van der Waals surface area contributed by atoms with Crippen LogP contribution in [0.3, 0.4) is 0 Å². The van der Waals surface area contributed by atoms with E-state index in [0.29, 0.717) is 11.6 Å². The van der Waals surface area contributed by atoms with E-state index in [1.165, 1.54) is 0 Å². The first-order valence-electron chi connectivity index (χ1n) is 4.77. The van der Waals surface area contributed by atoms with Gasteiger partial charge in [-0.3, -0.25) is 0 Å². The highest BCUT2D eigenvalue weighted by molar-refractivity contribution is 5.58. The topological polar surface area (TPSA) is 75.3 Å². The zero-order valence-corrected chi connectivity index (χ0v) is 7.93. The van der Waals surface area contributed by atoms with Crippen molar-refractivity contribution in [1.82, 2.24) is 9.97 Å². The minimum atomic E-state index is 0.147.